The third kappa shape index (κ3) is 6.58. The molecule has 2 aromatic carbocycles. The molecular formula is C19H19Cl2NO4. The van der Waals surface area contributed by atoms with Crippen molar-refractivity contribution >= 4 is 40.8 Å². The van der Waals surface area contributed by atoms with Gasteiger partial charge in [0.2, 0.25) is 0 Å². The molecule has 0 fully saturated rings. The van der Waals surface area contributed by atoms with Crippen LogP contribution in [-0.4, -0.2) is 25.1 Å². The van der Waals surface area contributed by atoms with Gasteiger partial charge in [0.05, 0.1) is 22.3 Å². The van der Waals surface area contributed by atoms with Crippen molar-refractivity contribution in [3.05, 3.63) is 58.1 Å². The monoisotopic (exact) mass is 395 g/mol. The molecule has 0 aliphatic carbocycles. The van der Waals surface area contributed by atoms with E-state index in [1.54, 1.807) is 18.2 Å². The zero-order valence-electron chi connectivity index (χ0n) is 14.3. The van der Waals surface area contributed by atoms with Crippen LogP contribution in [0.1, 0.15) is 18.4 Å². The van der Waals surface area contributed by atoms with Crippen LogP contribution in [0.4, 0.5) is 5.69 Å². The van der Waals surface area contributed by atoms with E-state index in [0.29, 0.717) is 23.7 Å². The first-order valence-electron chi connectivity index (χ1n) is 8.04. The number of halogens is 2. The summed E-state index contributed by atoms with van der Waals surface area (Å²) in [4.78, 5) is 23.5. The largest absolute Gasteiger partial charge is 0.494 e. The predicted molar refractivity (Wildman–Crippen MR) is 102 cm³/mol. The fourth-order valence-corrected chi connectivity index (χ4v) is 2.46. The maximum atomic E-state index is 11.8. The van der Waals surface area contributed by atoms with Gasteiger partial charge < -0.3 is 14.8 Å². The fraction of sp³-hybridized carbons (Fsp3) is 0.263. The molecule has 26 heavy (non-hydrogen) atoms. The number of rotatable bonds is 8. The molecule has 2 aromatic rings. The van der Waals surface area contributed by atoms with Crippen LogP contribution in [0.5, 0.6) is 5.75 Å². The van der Waals surface area contributed by atoms with Crippen molar-refractivity contribution < 1.29 is 19.1 Å². The minimum atomic E-state index is -0.487. The second kappa shape index (κ2) is 10.0. The summed E-state index contributed by atoms with van der Waals surface area (Å²) in [6.45, 7) is 1.98. The van der Waals surface area contributed by atoms with Gasteiger partial charge in [-0.2, -0.15) is 0 Å². The molecule has 0 radical (unpaired) electrons. The summed E-state index contributed by atoms with van der Waals surface area (Å²) in [6.07, 6.45) is 0.658. The molecule has 0 aliphatic rings. The van der Waals surface area contributed by atoms with E-state index in [0.717, 1.165) is 11.3 Å². The van der Waals surface area contributed by atoms with Gasteiger partial charge in [0.25, 0.3) is 5.91 Å². The molecule has 1 N–H and O–H groups in total. The Morgan fingerprint density at radius 1 is 1.12 bits per heavy atom. The first-order chi connectivity index (χ1) is 12.5. The van der Waals surface area contributed by atoms with E-state index in [2.05, 4.69) is 5.32 Å². The van der Waals surface area contributed by atoms with Crippen molar-refractivity contribution in [1.29, 1.82) is 0 Å². The van der Waals surface area contributed by atoms with Crippen LogP contribution < -0.4 is 10.1 Å². The maximum Gasteiger partial charge on any atom is 0.306 e. The van der Waals surface area contributed by atoms with Crippen LogP contribution >= 0.6 is 23.2 Å². The quantitative estimate of drug-likeness (QED) is 0.522. The van der Waals surface area contributed by atoms with Gasteiger partial charge >= 0.3 is 5.97 Å². The number of anilines is 1. The Labute approximate surface area is 162 Å². The van der Waals surface area contributed by atoms with E-state index < -0.39 is 11.9 Å². The van der Waals surface area contributed by atoms with E-state index in [1.165, 1.54) is 0 Å². The maximum absolute atomic E-state index is 11.8. The SMILES string of the molecule is Cc1cccc(OCCCC(=O)OCC(=O)Nc2cccc(Cl)c2Cl)c1. The minimum absolute atomic E-state index is 0.164. The molecular weight excluding hydrogens is 377 g/mol. The summed E-state index contributed by atoms with van der Waals surface area (Å²) in [5.41, 5.74) is 1.47. The van der Waals surface area contributed by atoms with E-state index >= 15 is 0 Å². The molecule has 0 saturated heterocycles. The van der Waals surface area contributed by atoms with Crippen LogP contribution in [0, 0.1) is 6.92 Å². The van der Waals surface area contributed by atoms with Crippen molar-refractivity contribution in [1.82, 2.24) is 0 Å². The van der Waals surface area contributed by atoms with Gasteiger partial charge in [-0.05, 0) is 43.2 Å². The molecule has 0 aromatic heterocycles. The van der Waals surface area contributed by atoms with E-state index in [9.17, 15) is 9.59 Å². The molecule has 0 atom stereocenters. The van der Waals surface area contributed by atoms with Gasteiger partial charge in [-0.3, -0.25) is 9.59 Å². The van der Waals surface area contributed by atoms with Crippen LogP contribution in [0.15, 0.2) is 42.5 Å². The number of hydrogen-bond donors (Lipinski definition) is 1. The normalized spacial score (nSPS) is 10.3. The molecule has 0 bridgehead atoms. The molecule has 0 saturated carbocycles. The number of nitrogens with one attached hydrogen (secondary N) is 1. The smallest absolute Gasteiger partial charge is 0.306 e. The Morgan fingerprint density at radius 3 is 2.65 bits per heavy atom. The van der Waals surface area contributed by atoms with Crippen molar-refractivity contribution in [2.24, 2.45) is 0 Å². The summed E-state index contributed by atoms with van der Waals surface area (Å²) in [6, 6.07) is 12.5. The summed E-state index contributed by atoms with van der Waals surface area (Å²) >= 11 is 11.8. The number of hydrogen-bond acceptors (Lipinski definition) is 4. The van der Waals surface area contributed by atoms with E-state index in [4.69, 9.17) is 32.7 Å². The minimum Gasteiger partial charge on any atom is -0.494 e. The van der Waals surface area contributed by atoms with Crippen LogP contribution in [0.3, 0.4) is 0 Å². The Kier molecular flexibility index (Phi) is 7.75. The number of ether oxygens (including phenoxy) is 2. The highest BCUT2D eigenvalue weighted by Crippen LogP contribution is 2.29. The lowest BCUT2D eigenvalue weighted by molar-refractivity contribution is -0.147. The standard InChI is InChI=1S/C19H19Cl2NO4/c1-13-5-2-6-14(11-13)25-10-4-9-18(24)26-12-17(23)22-16-8-3-7-15(20)19(16)21/h2-3,5-8,11H,4,9-10,12H2,1H3,(H,22,23). The van der Waals surface area contributed by atoms with E-state index in [1.807, 2.05) is 31.2 Å². The lowest BCUT2D eigenvalue weighted by Crippen LogP contribution is -2.21. The Hall–Kier alpha value is -2.24. The summed E-state index contributed by atoms with van der Waals surface area (Å²) in [7, 11) is 0. The molecule has 0 aliphatic heterocycles. The summed E-state index contributed by atoms with van der Waals surface area (Å²) in [5.74, 6) is -0.195. The molecule has 5 nitrogen and oxygen atoms in total. The number of amides is 1. The first kappa shape index (κ1) is 20.1. The number of carbonyl (C=O) groups excluding carboxylic acids is 2. The highest BCUT2D eigenvalue weighted by molar-refractivity contribution is 6.44. The van der Waals surface area contributed by atoms with Gasteiger partial charge in [0, 0.05) is 6.42 Å². The lowest BCUT2D eigenvalue weighted by atomic mass is 10.2. The molecule has 2 rings (SSSR count). The zero-order chi connectivity index (χ0) is 18.9. The van der Waals surface area contributed by atoms with Crippen LogP contribution in [-0.2, 0) is 14.3 Å². The predicted octanol–water partition coefficient (Wildman–Crippen LogP) is 4.64. The average Bonchev–Trinajstić information content (AvgIpc) is 2.61. The van der Waals surface area contributed by atoms with Crippen molar-refractivity contribution in [3.63, 3.8) is 0 Å². The second-order valence-corrected chi connectivity index (χ2v) is 6.36. The molecule has 7 heteroatoms. The molecule has 0 spiro atoms. The number of carbonyl (C=O) groups is 2. The van der Waals surface area contributed by atoms with Crippen LogP contribution in [0.2, 0.25) is 10.0 Å². The van der Waals surface area contributed by atoms with Gasteiger partial charge in [0.15, 0.2) is 6.61 Å². The third-order valence-electron chi connectivity index (χ3n) is 3.37. The second-order valence-electron chi connectivity index (χ2n) is 5.58. The zero-order valence-corrected chi connectivity index (χ0v) is 15.8. The van der Waals surface area contributed by atoms with Crippen molar-refractivity contribution in [2.75, 3.05) is 18.5 Å². The Bertz CT molecular complexity index is 780. The lowest BCUT2D eigenvalue weighted by Gasteiger charge is -2.09. The third-order valence-corrected chi connectivity index (χ3v) is 4.19. The summed E-state index contributed by atoms with van der Waals surface area (Å²) < 4.78 is 10.5. The number of esters is 1. The summed E-state index contributed by atoms with van der Waals surface area (Å²) in [5, 5.41) is 3.11. The first-order valence-corrected chi connectivity index (χ1v) is 8.80. The van der Waals surface area contributed by atoms with Gasteiger partial charge in [0.1, 0.15) is 5.75 Å². The van der Waals surface area contributed by atoms with Crippen LogP contribution in [0.25, 0.3) is 0 Å². The molecule has 0 heterocycles. The molecule has 0 unspecified atom stereocenters. The molecule has 138 valence electrons. The molecule has 1 amide bonds. The number of aryl methyl sites for hydroxylation is 1. The van der Waals surface area contributed by atoms with Crippen molar-refractivity contribution in [3.8, 4) is 5.75 Å². The fourth-order valence-electron chi connectivity index (χ4n) is 2.12. The van der Waals surface area contributed by atoms with E-state index in [-0.39, 0.29) is 18.1 Å². The topological polar surface area (TPSA) is 64.6 Å². The average molecular weight is 396 g/mol. The van der Waals surface area contributed by atoms with Gasteiger partial charge in [-0.15, -0.1) is 0 Å². The highest BCUT2D eigenvalue weighted by Gasteiger charge is 2.11. The Morgan fingerprint density at radius 2 is 1.88 bits per heavy atom. The van der Waals surface area contributed by atoms with Gasteiger partial charge in [-0.1, -0.05) is 41.4 Å². The highest BCUT2D eigenvalue weighted by atomic mass is 35.5. The van der Waals surface area contributed by atoms with Gasteiger partial charge in [-0.25, -0.2) is 0 Å². The van der Waals surface area contributed by atoms with Crippen molar-refractivity contribution in [2.45, 2.75) is 19.8 Å². The Balaban J connectivity index is 1.65. The number of benzene rings is 2.